The summed E-state index contributed by atoms with van der Waals surface area (Å²) in [6.45, 7) is 4.47. The Morgan fingerprint density at radius 2 is 1.92 bits per heavy atom. The number of phenols is 2. The number of phenolic OH excluding ortho intramolecular Hbond substituents is 2. The summed E-state index contributed by atoms with van der Waals surface area (Å²) >= 11 is 0. The highest BCUT2D eigenvalue weighted by atomic mass is 16.5. The average molecular weight is 325 g/mol. The molecule has 5 heteroatoms. The quantitative estimate of drug-likeness (QED) is 0.639. The number of rotatable bonds is 4. The second kappa shape index (κ2) is 6.28. The number of aryl methyl sites for hydroxylation is 1. The number of hydrogen-bond acceptors (Lipinski definition) is 4. The Bertz CT molecular complexity index is 959. The monoisotopic (exact) mass is 325 g/mol. The molecule has 0 saturated carbocycles. The van der Waals surface area contributed by atoms with Crippen LogP contribution in [0.3, 0.4) is 0 Å². The van der Waals surface area contributed by atoms with Crippen LogP contribution in [0.4, 0.5) is 0 Å². The lowest BCUT2D eigenvalue weighted by atomic mass is 10.0. The molecule has 0 aliphatic carbocycles. The minimum Gasteiger partial charge on any atom is -0.504 e. The summed E-state index contributed by atoms with van der Waals surface area (Å²) in [6.07, 6.45) is 2.49. The maximum Gasteiger partial charge on any atom is 0.197 e. The van der Waals surface area contributed by atoms with Gasteiger partial charge in [-0.3, -0.25) is 4.79 Å². The number of H-pyrrole nitrogens is 1. The number of aromatic hydroxyl groups is 2. The molecule has 124 valence electrons. The molecule has 5 nitrogen and oxygen atoms in total. The molecule has 0 radical (unpaired) electrons. The summed E-state index contributed by atoms with van der Waals surface area (Å²) in [5, 5.41) is 19.7. The molecule has 0 spiro atoms. The predicted molar refractivity (Wildman–Crippen MR) is 93.9 cm³/mol. The van der Waals surface area contributed by atoms with Crippen LogP contribution in [0, 0.1) is 6.92 Å². The Balaban J connectivity index is 2.22. The molecule has 0 aliphatic rings. The predicted octanol–water partition coefficient (Wildman–Crippen LogP) is 3.70. The lowest BCUT2D eigenvalue weighted by molar-refractivity contribution is 0.320. The van der Waals surface area contributed by atoms with Crippen LogP contribution in [-0.4, -0.2) is 21.8 Å². The summed E-state index contributed by atoms with van der Waals surface area (Å²) in [4.78, 5) is 16.1. The van der Waals surface area contributed by atoms with Crippen molar-refractivity contribution < 1.29 is 14.9 Å². The number of fused-ring (bicyclic) bond motifs is 1. The number of hydrogen-bond donors (Lipinski definition) is 3. The van der Waals surface area contributed by atoms with Gasteiger partial charge in [0, 0.05) is 11.8 Å². The number of ether oxygens (including phenoxy) is 1. The molecule has 0 fully saturated rings. The summed E-state index contributed by atoms with van der Waals surface area (Å²) in [5.74, 6) is 0.167. The second-order valence-electron chi connectivity index (χ2n) is 5.71. The number of aromatic nitrogens is 1. The van der Waals surface area contributed by atoms with Crippen LogP contribution in [-0.2, 0) is 0 Å². The first-order valence-corrected chi connectivity index (χ1v) is 7.83. The van der Waals surface area contributed by atoms with E-state index in [9.17, 15) is 15.0 Å². The van der Waals surface area contributed by atoms with Gasteiger partial charge < -0.3 is 19.9 Å². The van der Waals surface area contributed by atoms with E-state index in [1.54, 1.807) is 12.3 Å². The summed E-state index contributed by atoms with van der Waals surface area (Å²) < 4.78 is 5.72. The van der Waals surface area contributed by atoms with Crippen LogP contribution < -0.4 is 10.2 Å². The third kappa shape index (κ3) is 2.69. The summed E-state index contributed by atoms with van der Waals surface area (Å²) in [6, 6.07) is 8.05. The first-order chi connectivity index (χ1) is 11.5. The first-order valence-electron chi connectivity index (χ1n) is 7.83. The minimum atomic E-state index is -0.260. The molecule has 0 atom stereocenters. The van der Waals surface area contributed by atoms with Crippen LogP contribution >= 0.6 is 0 Å². The van der Waals surface area contributed by atoms with Gasteiger partial charge >= 0.3 is 0 Å². The van der Waals surface area contributed by atoms with E-state index in [-0.39, 0.29) is 16.9 Å². The molecule has 0 aliphatic heterocycles. The van der Waals surface area contributed by atoms with Crippen LogP contribution in [0.25, 0.3) is 22.0 Å². The SMILES string of the molecule is CCCOc1ccc(C)c2c(=O)c(-c3ccc(O)c(O)c3)c[nH]c12. The fourth-order valence-corrected chi connectivity index (χ4v) is 2.71. The van der Waals surface area contributed by atoms with Crippen molar-refractivity contribution in [1.82, 2.24) is 4.98 Å². The van der Waals surface area contributed by atoms with Crippen molar-refractivity contribution in [2.75, 3.05) is 6.61 Å². The van der Waals surface area contributed by atoms with Gasteiger partial charge in [-0.15, -0.1) is 0 Å². The molecular weight excluding hydrogens is 306 g/mol. The van der Waals surface area contributed by atoms with E-state index >= 15 is 0 Å². The molecule has 24 heavy (non-hydrogen) atoms. The van der Waals surface area contributed by atoms with Gasteiger partial charge in [-0.05, 0) is 42.7 Å². The Morgan fingerprint density at radius 1 is 1.12 bits per heavy atom. The standard InChI is InChI=1S/C19H19NO4/c1-3-8-24-16-7-4-11(2)17-18(16)20-10-13(19(17)23)12-5-6-14(21)15(22)9-12/h4-7,9-10,21-22H,3,8H2,1-2H3,(H,20,23). The molecule has 3 N–H and O–H groups in total. The van der Waals surface area contributed by atoms with Gasteiger partial charge in [0.15, 0.2) is 16.9 Å². The van der Waals surface area contributed by atoms with Crippen molar-refractivity contribution in [2.24, 2.45) is 0 Å². The lowest BCUT2D eigenvalue weighted by Crippen LogP contribution is -2.09. The highest BCUT2D eigenvalue weighted by Crippen LogP contribution is 2.31. The third-order valence-electron chi connectivity index (χ3n) is 3.96. The van der Waals surface area contributed by atoms with Crippen molar-refractivity contribution in [2.45, 2.75) is 20.3 Å². The maximum atomic E-state index is 13.0. The van der Waals surface area contributed by atoms with Crippen LogP contribution in [0.15, 0.2) is 41.3 Å². The number of benzene rings is 2. The van der Waals surface area contributed by atoms with E-state index in [0.29, 0.717) is 34.4 Å². The number of nitrogens with one attached hydrogen (secondary N) is 1. The Morgan fingerprint density at radius 3 is 2.62 bits per heavy atom. The van der Waals surface area contributed by atoms with Crippen LogP contribution in [0.5, 0.6) is 17.2 Å². The molecular formula is C19H19NO4. The zero-order chi connectivity index (χ0) is 17.3. The van der Waals surface area contributed by atoms with Gasteiger partial charge in [0.1, 0.15) is 5.75 Å². The molecule has 0 amide bonds. The summed E-state index contributed by atoms with van der Waals surface area (Å²) in [7, 11) is 0. The van der Waals surface area contributed by atoms with Crippen molar-refractivity contribution in [3.05, 3.63) is 52.3 Å². The Kier molecular flexibility index (Phi) is 4.16. The fraction of sp³-hybridized carbons (Fsp3) is 0.211. The number of pyridine rings is 1. The lowest BCUT2D eigenvalue weighted by Gasteiger charge is -2.11. The molecule has 0 saturated heterocycles. The second-order valence-corrected chi connectivity index (χ2v) is 5.71. The van der Waals surface area contributed by atoms with Crippen molar-refractivity contribution >= 4 is 10.9 Å². The molecule has 0 unspecified atom stereocenters. The van der Waals surface area contributed by atoms with Crippen molar-refractivity contribution in [1.29, 1.82) is 0 Å². The molecule has 0 bridgehead atoms. The molecule has 3 aromatic rings. The zero-order valence-electron chi connectivity index (χ0n) is 13.6. The van der Waals surface area contributed by atoms with Crippen LogP contribution in [0.1, 0.15) is 18.9 Å². The van der Waals surface area contributed by atoms with Gasteiger partial charge in [0.25, 0.3) is 0 Å². The van der Waals surface area contributed by atoms with E-state index < -0.39 is 0 Å². The van der Waals surface area contributed by atoms with Gasteiger partial charge in [-0.25, -0.2) is 0 Å². The van der Waals surface area contributed by atoms with Gasteiger partial charge in [-0.2, -0.15) is 0 Å². The van der Waals surface area contributed by atoms with Gasteiger partial charge in [-0.1, -0.05) is 19.1 Å². The third-order valence-corrected chi connectivity index (χ3v) is 3.96. The molecule has 3 rings (SSSR count). The van der Waals surface area contributed by atoms with Gasteiger partial charge in [0.2, 0.25) is 0 Å². The smallest absolute Gasteiger partial charge is 0.197 e. The highest BCUT2D eigenvalue weighted by Gasteiger charge is 2.14. The van der Waals surface area contributed by atoms with E-state index in [1.165, 1.54) is 12.1 Å². The highest BCUT2D eigenvalue weighted by molar-refractivity contribution is 5.90. The molecule has 2 aromatic carbocycles. The topological polar surface area (TPSA) is 82.6 Å². The number of aromatic amines is 1. The maximum absolute atomic E-state index is 13.0. The van der Waals surface area contributed by atoms with Crippen molar-refractivity contribution in [3.8, 4) is 28.4 Å². The fourth-order valence-electron chi connectivity index (χ4n) is 2.71. The average Bonchev–Trinajstić information content (AvgIpc) is 2.57. The van der Waals surface area contributed by atoms with Gasteiger partial charge in [0.05, 0.1) is 17.5 Å². The molecule has 1 aromatic heterocycles. The van der Waals surface area contributed by atoms with E-state index in [1.807, 2.05) is 26.0 Å². The molecule has 1 heterocycles. The Labute approximate surface area is 139 Å². The van der Waals surface area contributed by atoms with Crippen LogP contribution in [0.2, 0.25) is 0 Å². The Hall–Kier alpha value is -2.95. The van der Waals surface area contributed by atoms with E-state index in [0.717, 1.165) is 12.0 Å². The zero-order valence-corrected chi connectivity index (χ0v) is 13.6. The van der Waals surface area contributed by atoms with Crippen molar-refractivity contribution in [3.63, 3.8) is 0 Å². The minimum absolute atomic E-state index is 0.145. The summed E-state index contributed by atoms with van der Waals surface area (Å²) in [5.41, 5.74) is 2.33. The van der Waals surface area contributed by atoms with E-state index in [4.69, 9.17) is 4.74 Å². The first kappa shape index (κ1) is 15.9. The largest absolute Gasteiger partial charge is 0.504 e. The van der Waals surface area contributed by atoms with E-state index in [2.05, 4.69) is 4.98 Å². The normalized spacial score (nSPS) is 10.9.